The highest BCUT2D eigenvalue weighted by atomic mass is 16.1. The van der Waals surface area contributed by atoms with Gasteiger partial charge in [0.1, 0.15) is 0 Å². The van der Waals surface area contributed by atoms with Gasteiger partial charge in [0.15, 0.2) is 0 Å². The molecule has 1 aromatic carbocycles. The van der Waals surface area contributed by atoms with Crippen molar-refractivity contribution in [2.45, 2.75) is 64.7 Å². The van der Waals surface area contributed by atoms with Crippen LogP contribution < -0.4 is 5.73 Å². The zero-order valence-electron chi connectivity index (χ0n) is 13.5. The van der Waals surface area contributed by atoms with Gasteiger partial charge in [-0.15, -0.1) is 0 Å². The highest BCUT2D eigenvalue weighted by molar-refractivity contribution is 5.81. The number of amides is 1. The maximum atomic E-state index is 12.1. The Labute approximate surface area is 128 Å². The molecule has 0 spiro atoms. The van der Waals surface area contributed by atoms with Crippen molar-refractivity contribution < 1.29 is 4.79 Å². The number of benzene rings is 1. The van der Waals surface area contributed by atoms with Crippen LogP contribution in [0.2, 0.25) is 0 Å². The quantitative estimate of drug-likeness (QED) is 0.883. The molecule has 21 heavy (non-hydrogen) atoms. The number of hydrogen-bond donors (Lipinski definition) is 1. The molecule has 3 rings (SSSR count). The van der Waals surface area contributed by atoms with E-state index in [-0.39, 0.29) is 16.7 Å². The van der Waals surface area contributed by atoms with Crippen LogP contribution >= 0.6 is 0 Å². The Kier molecular flexibility index (Phi) is 3.38. The number of carbonyl (C=O) groups excluding carboxylic acids is 1. The number of primary amides is 1. The number of hydrogen-bond acceptors (Lipinski definition) is 1. The molecule has 0 aromatic heterocycles. The molecule has 2 heteroatoms. The topological polar surface area (TPSA) is 43.1 Å². The fourth-order valence-electron chi connectivity index (χ4n) is 5.02. The van der Waals surface area contributed by atoms with Gasteiger partial charge >= 0.3 is 0 Å². The largest absolute Gasteiger partial charge is 0.369 e. The van der Waals surface area contributed by atoms with Crippen LogP contribution in [-0.4, -0.2) is 5.91 Å². The Morgan fingerprint density at radius 2 is 2.10 bits per heavy atom. The first-order valence-electron chi connectivity index (χ1n) is 8.34. The second-order valence-corrected chi connectivity index (χ2v) is 7.49. The third-order valence-corrected chi connectivity index (χ3v) is 6.39. The molecule has 0 radical (unpaired) electrons. The summed E-state index contributed by atoms with van der Waals surface area (Å²) in [7, 11) is 0. The van der Waals surface area contributed by atoms with E-state index in [0.29, 0.717) is 5.92 Å². The van der Waals surface area contributed by atoms with E-state index in [1.807, 2.05) is 0 Å². The Balaban J connectivity index is 2.12. The summed E-state index contributed by atoms with van der Waals surface area (Å²) in [5.41, 5.74) is 9.96. The van der Waals surface area contributed by atoms with Crippen molar-refractivity contribution in [3.8, 4) is 0 Å². The second kappa shape index (κ2) is 4.86. The average Bonchev–Trinajstić information content (AvgIpc) is 2.46. The number of carbonyl (C=O) groups is 1. The molecule has 1 aromatic rings. The summed E-state index contributed by atoms with van der Waals surface area (Å²) in [6.07, 6.45) is 6.48. The number of fused-ring (bicyclic) bond motifs is 3. The zero-order valence-corrected chi connectivity index (χ0v) is 13.5. The lowest BCUT2D eigenvalue weighted by molar-refractivity contribution is -0.135. The first-order valence-corrected chi connectivity index (χ1v) is 8.34. The molecule has 2 aliphatic carbocycles. The summed E-state index contributed by atoms with van der Waals surface area (Å²) < 4.78 is 0. The Hall–Kier alpha value is -1.31. The van der Waals surface area contributed by atoms with E-state index >= 15 is 0 Å². The van der Waals surface area contributed by atoms with Gasteiger partial charge in [-0.3, -0.25) is 4.79 Å². The smallest absolute Gasteiger partial charge is 0.223 e. The van der Waals surface area contributed by atoms with Gasteiger partial charge in [0.25, 0.3) is 0 Å². The van der Waals surface area contributed by atoms with Gasteiger partial charge in [0.05, 0.1) is 0 Å². The second-order valence-electron chi connectivity index (χ2n) is 7.49. The summed E-state index contributed by atoms with van der Waals surface area (Å²) in [6.45, 7) is 6.68. The predicted molar refractivity (Wildman–Crippen MR) is 86.1 cm³/mol. The van der Waals surface area contributed by atoms with Gasteiger partial charge < -0.3 is 5.73 Å². The molecule has 1 fully saturated rings. The van der Waals surface area contributed by atoms with Gasteiger partial charge in [-0.25, -0.2) is 0 Å². The molecule has 1 saturated carbocycles. The van der Waals surface area contributed by atoms with Crippen LogP contribution in [0.25, 0.3) is 0 Å². The van der Waals surface area contributed by atoms with Crippen LogP contribution in [-0.2, 0) is 23.1 Å². The highest BCUT2D eigenvalue weighted by Gasteiger charge is 2.54. The van der Waals surface area contributed by atoms with E-state index in [2.05, 4.69) is 39.0 Å². The van der Waals surface area contributed by atoms with Crippen LogP contribution in [0, 0.1) is 11.3 Å². The van der Waals surface area contributed by atoms with Gasteiger partial charge in [-0.05, 0) is 60.1 Å². The SMILES string of the molecule is CCc1ccc2c(c1)[C@@]1(C)CCC[C@](C)(C(N)=O)[C@@H]1CC2. The van der Waals surface area contributed by atoms with Crippen LogP contribution in [0.4, 0.5) is 0 Å². The van der Waals surface area contributed by atoms with Crippen molar-refractivity contribution >= 4 is 5.91 Å². The maximum absolute atomic E-state index is 12.1. The molecular formula is C19H27NO. The van der Waals surface area contributed by atoms with Crippen LogP contribution in [0.5, 0.6) is 0 Å². The molecule has 114 valence electrons. The van der Waals surface area contributed by atoms with Crippen LogP contribution in [0.15, 0.2) is 18.2 Å². The molecule has 0 heterocycles. The minimum Gasteiger partial charge on any atom is -0.369 e. The average molecular weight is 285 g/mol. The first kappa shape index (κ1) is 14.6. The van der Waals surface area contributed by atoms with E-state index < -0.39 is 0 Å². The summed E-state index contributed by atoms with van der Waals surface area (Å²) in [5, 5.41) is 0. The van der Waals surface area contributed by atoms with Gasteiger partial charge in [0, 0.05) is 5.41 Å². The summed E-state index contributed by atoms with van der Waals surface area (Å²) >= 11 is 0. The summed E-state index contributed by atoms with van der Waals surface area (Å²) in [5.74, 6) is 0.282. The van der Waals surface area contributed by atoms with Crippen molar-refractivity contribution in [1.29, 1.82) is 0 Å². The molecule has 2 aliphatic rings. The molecule has 0 saturated heterocycles. The zero-order chi connectivity index (χ0) is 15.3. The standard InChI is InChI=1S/C19H27NO/c1-4-13-6-7-14-8-9-16-18(2,15(14)12-13)10-5-11-19(16,3)17(20)21/h6-7,12,16H,4-5,8-11H2,1-3H3,(H2,20,21)/t16-,18-,19+/m1/s1. The predicted octanol–water partition coefficient (Wildman–Crippen LogP) is 3.74. The molecule has 2 nitrogen and oxygen atoms in total. The maximum Gasteiger partial charge on any atom is 0.223 e. The molecule has 0 bridgehead atoms. The van der Waals surface area contributed by atoms with Crippen molar-refractivity contribution in [2.75, 3.05) is 0 Å². The summed E-state index contributed by atoms with van der Waals surface area (Å²) in [4.78, 5) is 12.1. The van der Waals surface area contributed by atoms with Crippen molar-refractivity contribution in [3.05, 3.63) is 34.9 Å². The van der Waals surface area contributed by atoms with E-state index in [4.69, 9.17) is 5.73 Å². The lowest BCUT2D eigenvalue weighted by atomic mass is 9.49. The summed E-state index contributed by atoms with van der Waals surface area (Å²) in [6, 6.07) is 6.97. The van der Waals surface area contributed by atoms with Crippen LogP contribution in [0.1, 0.15) is 63.1 Å². The molecule has 1 amide bonds. The fourth-order valence-corrected chi connectivity index (χ4v) is 5.02. The van der Waals surface area contributed by atoms with Crippen molar-refractivity contribution in [1.82, 2.24) is 0 Å². The lowest BCUT2D eigenvalue weighted by Gasteiger charge is -2.54. The van der Waals surface area contributed by atoms with E-state index in [9.17, 15) is 4.79 Å². The van der Waals surface area contributed by atoms with Gasteiger partial charge in [-0.1, -0.05) is 45.4 Å². The van der Waals surface area contributed by atoms with E-state index in [1.54, 1.807) is 0 Å². The third-order valence-electron chi connectivity index (χ3n) is 6.39. The molecule has 2 N–H and O–H groups in total. The Morgan fingerprint density at radius 1 is 1.33 bits per heavy atom. The minimum absolute atomic E-state index is 0.103. The molecular weight excluding hydrogens is 258 g/mol. The first-order chi connectivity index (χ1) is 9.91. The molecule has 0 unspecified atom stereocenters. The number of aryl methyl sites for hydroxylation is 2. The van der Waals surface area contributed by atoms with Crippen molar-refractivity contribution in [2.24, 2.45) is 17.1 Å². The van der Waals surface area contributed by atoms with Gasteiger partial charge in [0.2, 0.25) is 5.91 Å². The number of rotatable bonds is 2. The minimum atomic E-state index is -0.340. The highest BCUT2D eigenvalue weighted by Crippen LogP contribution is 2.57. The third kappa shape index (κ3) is 2.03. The van der Waals surface area contributed by atoms with Crippen LogP contribution in [0.3, 0.4) is 0 Å². The van der Waals surface area contributed by atoms with E-state index in [0.717, 1.165) is 32.1 Å². The normalized spacial score (nSPS) is 34.9. The number of nitrogens with two attached hydrogens (primary N) is 1. The lowest BCUT2D eigenvalue weighted by Crippen LogP contribution is -2.54. The van der Waals surface area contributed by atoms with E-state index in [1.165, 1.54) is 23.1 Å². The van der Waals surface area contributed by atoms with Gasteiger partial charge in [-0.2, -0.15) is 0 Å². The molecule has 3 atom stereocenters. The fraction of sp³-hybridized carbons (Fsp3) is 0.632. The Bertz CT molecular complexity index is 579. The monoisotopic (exact) mass is 285 g/mol. The molecule has 0 aliphatic heterocycles. The van der Waals surface area contributed by atoms with Crippen molar-refractivity contribution in [3.63, 3.8) is 0 Å². The Morgan fingerprint density at radius 3 is 2.76 bits per heavy atom.